The molecule has 3 aromatic carbocycles. The van der Waals surface area contributed by atoms with E-state index in [-0.39, 0.29) is 23.0 Å². The molecule has 2 amide bonds. The highest BCUT2D eigenvalue weighted by molar-refractivity contribution is 7.98. The van der Waals surface area contributed by atoms with Crippen LogP contribution >= 0.6 is 23.4 Å². The molecule has 8 nitrogen and oxygen atoms in total. The number of amides is 2. The lowest BCUT2D eigenvalue weighted by Gasteiger charge is -2.33. The molecule has 0 aliphatic carbocycles. The standard InChI is InChI=1S/C30H36ClN3O5S2/c1-5-26(30(36)32-6-2)33(20-22-12-8-9-13-25(22)31)29(35)21-34(27-14-10-11-15-28(27)39-7-3)41(37,38)24-18-16-23(40-4)17-19-24/h8-19,26H,5-7,20-21H2,1-4H3,(H,32,36)/t26-/m1/s1. The van der Waals surface area contributed by atoms with Crippen LogP contribution in [-0.4, -0.2) is 57.1 Å². The molecule has 0 saturated heterocycles. The van der Waals surface area contributed by atoms with Gasteiger partial charge in [0, 0.05) is 23.0 Å². The molecule has 0 aromatic heterocycles. The van der Waals surface area contributed by atoms with Gasteiger partial charge in [-0.25, -0.2) is 8.42 Å². The average molecular weight is 618 g/mol. The Morgan fingerprint density at radius 3 is 2.24 bits per heavy atom. The van der Waals surface area contributed by atoms with Crippen LogP contribution in [0, 0.1) is 0 Å². The molecule has 0 radical (unpaired) electrons. The molecule has 0 bridgehead atoms. The Morgan fingerprint density at radius 2 is 1.63 bits per heavy atom. The molecule has 0 aliphatic heterocycles. The van der Waals surface area contributed by atoms with Gasteiger partial charge < -0.3 is 15.0 Å². The first-order chi connectivity index (χ1) is 19.7. The number of anilines is 1. The summed E-state index contributed by atoms with van der Waals surface area (Å²) in [6.45, 7) is 5.55. The van der Waals surface area contributed by atoms with Crippen LogP contribution in [0.5, 0.6) is 5.75 Å². The van der Waals surface area contributed by atoms with Gasteiger partial charge in [-0.2, -0.15) is 0 Å². The van der Waals surface area contributed by atoms with Crippen LogP contribution < -0.4 is 14.4 Å². The topological polar surface area (TPSA) is 96.0 Å². The molecule has 0 aliphatic rings. The van der Waals surface area contributed by atoms with Gasteiger partial charge >= 0.3 is 0 Å². The Hall–Kier alpha value is -3.21. The molecule has 11 heteroatoms. The summed E-state index contributed by atoms with van der Waals surface area (Å²) in [5, 5.41) is 3.23. The van der Waals surface area contributed by atoms with Crippen LogP contribution in [0.2, 0.25) is 5.02 Å². The third-order valence-electron chi connectivity index (χ3n) is 6.40. The Bertz CT molecular complexity index is 1430. The Balaban J connectivity index is 2.12. The maximum Gasteiger partial charge on any atom is 0.264 e. The summed E-state index contributed by atoms with van der Waals surface area (Å²) < 4.78 is 35.1. The second-order valence-corrected chi connectivity index (χ2v) is 12.2. The number of hydrogen-bond donors (Lipinski definition) is 1. The number of carbonyl (C=O) groups is 2. The molecule has 0 saturated carbocycles. The van der Waals surface area contributed by atoms with Crippen molar-refractivity contribution in [2.45, 2.75) is 49.6 Å². The monoisotopic (exact) mass is 617 g/mol. The number of nitrogens with one attached hydrogen (secondary N) is 1. The Labute approximate surface area is 252 Å². The smallest absolute Gasteiger partial charge is 0.264 e. The number of para-hydroxylation sites is 2. The van der Waals surface area contributed by atoms with Crippen molar-refractivity contribution in [2.24, 2.45) is 0 Å². The van der Waals surface area contributed by atoms with Crippen molar-refractivity contribution in [1.29, 1.82) is 0 Å². The second kappa shape index (κ2) is 15.1. The molecule has 220 valence electrons. The highest BCUT2D eigenvalue weighted by atomic mass is 35.5. The number of rotatable bonds is 14. The van der Waals surface area contributed by atoms with Crippen molar-refractivity contribution in [1.82, 2.24) is 10.2 Å². The second-order valence-electron chi connectivity index (χ2n) is 9.02. The van der Waals surface area contributed by atoms with E-state index < -0.39 is 28.5 Å². The predicted octanol–water partition coefficient (Wildman–Crippen LogP) is 5.60. The summed E-state index contributed by atoms with van der Waals surface area (Å²) in [5.74, 6) is -0.564. The van der Waals surface area contributed by atoms with E-state index in [1.54, 1.807) is 81.4 Å². The Kier molecular flexibility index (Phi) is 11.9. The van der Waals surface area contributed by atoms with Crippen molar-refractivity contribution in [3.63, 3.8) is 0 Å². The van der Waals surface area contributed by atoms with Crippen molar-refractivity contribution in [2.75, 3.05) is 30.3 Å². The van der Waals surface area contributed by atoms with Gasteiger partial charge in [-0.05, 0) is 74.6 Å². The SMILES string of the molecule is CCNC(=O)[C@@H](CC)N(Cc1ccccc1Cl)C(=O)CN(c1ccccc1OCC)S(=O)(=O)c1ccc(SC)cc1. The lowest BCUT2D eigenvalue weighted by Crippen LogP contribution is -2.52. The van der Waals surface area contributed by atoms with Crippen LogP contribution in [0.15, 0.2) is 82.6 Å². The van der Waals surface area contributed by atoms with Crippen LogP contribution in [0.25, 0.3) is 0 Å². The highest BCUT2D eigenvalue weighted by Crippen LogP contribution is 2.33. The van der Waals surface area contributed by atoms with Crippen molar-refractivity contribution < 1.29 is 22.7 Å². The van der Waals surface area contributed by atoms with E-state index in [4.69, 9.17) is 16.3 Å². The van der Waals surface area contributed by atoms with E-state index >= 15 is 0 Å². The molecule has 3 aromatic rings. The van der Waals surface area contributed by atoms with Crippen LogP contribution in [0.4, 0.5) is 5.69 Å². The number of carbonyl (C=O) groups excluding carboxylic acids is 2. The van der Waals surface area contributed by atoms with Gasteiger partial charge in [-0.1, -0.05) is 48.9 Å². The quantitative estimate of drug-likeness (QED) is 0.237. The van der Waals surface area contributed by atoms with Gasteiger partial charge in [0.05, 0.1) is 17.2 Å². The van der Waals surface area contributed by atoms with Gasteiger partial charge in [0.15, 0.2) is 0 Å². The van der Waals surface area contributed by atoms with Crippen LogP contribution in [-0.2, 0) is 26.2 Å². The van der Waals surface area contributed by atoms with Crippen molar-refractivity contribution in [3.8, 4) is 5.75 Å². The lowest BCUT2D eigenvalue weighted by atomic mass is 10.1. The first kappa shape index (κ1) is 32.3. The largest absolute Gasteiger partial charge is 0.492 e. The number of likely N-dealkylation sites (N-methyl/N-ethyl adjacent to an activating group) is 1. The minimum atomic E-state index is -4.22. The summed E-state index contributed by atoms with van der Waals surface area (Å²) in [5.41, 5.74) is 0.863. The minimum Gasteiger partial charge on any atom is -0.492 e. The summed E-state index contributed by atoms with van der Waals surface area (Å²) in [4.78, 5) is 29.6. The number of sulfonamides is 1. The van der Waals surface area contributed by atoms with Crippen molar-refractivity contribution in [3.05, 3.63) is 83.4 Å². The number of nitrogens with zero attached hydrogens (tertiary/aromatic N) is 2. The molecule has 0 heterocycles. The zero-order valence-corrected chi connectivity index (χ0v) is 26.1. The van der Waals surface area contributed by atoms with E-state index in [1.165, 1.54) is 28.8 Å². The van der Waals surface area contributed by atoms with Crippen LogP contribution in [0.3, 0.4) is 0 Å². The van der Waals surface area contributed by atoms with Gasteiger partial charge in [0.25, 0.3) is 10.0 Å². The van der Waals surface area contributed by atoms with Gasteiger partial charge in [0.1, 0.15) is 18.3 Å². The number of halogens is 1. The third kappa shape index (κ3) is 7.96. The summed E-state index contributed by atoms with van der Waals surface area (Å²) in [6.07, 6.45) is 2.22. The van der Waals surface area contributed by atoms with E-state index in [1.807, 2.05) is 6.26 Å². The maximum atomic E-state index is 14.2. The number of hydrogen-bond acceptors (Lipinski definition) is 6. The summed E-state index contributed by atoms with van der Waals surface area (Å²) in [7, 11) is -4.22. The maximum absolute atomic E-state index is 14.2. The summed E-state index contributed by atoms with van der Waals surface area (Å²) >= 11 is 7.93. The predicted molar refractivity (Wildman–Crippen MR) is 165 cm³/mol. The summed E-state index contributed by atoms with van der Waals surface area (Å²) in [6, 6.07) is 19.4. The van der Waals surface area contributed by atoms with E-state index in [2.05, 4.69) is 5.32 Å². The van der Waals surface area contributed by atoms with Gasteiger partial charge in [-0.15, -0.1) is 11.8 Å². The average Bonchev–Trinajstić information content (AvgIpc) is 2.97. The molecule has 3 rings (SSSR count). The molecule has 0 fully saturated rings. The Morgan fingerprint density at radius 1 is 0.976 bits per heavy atom. The number of thioether (sulfide) groups is 1. The van der Waals surface area contributed by atoms with E-state index in [0.717, 1.165) is 9.20 Å². The highest BCUT2D eigenvalue weighted by Gasteiger charge is 2.34. The van der Waals surface area contributed by atoms with Gasteiger partial charge in [0.2, 0.25) is 11.8 Å². The molecular formula is C30H36ClN3O5S2. The van der Waals surface area contributed by atoms with Gasteiger partial charge in [-0.3, -0.25) is 13.9 Å². The van der Waals surface area contributed by atoms with E-state index in [0.29, 0.717) is 35.9 Å². The van der Waals surface area contributed by atoms with Crippen LogP contribution in [0.1, 0.15) is 32.8 Å². The molecular weight excluding hydrogens is 582 g/mol. The fraction of sp³-hybridized carbons (Fsp3) is 0.333. The first-order valence-corrected chi connectivity index (χ1v) is 16.4. The zero-order chi connectivity index (χ0) is 30.0. The molecule has 0 unspecified atom stereocenters. The molecule has 1 atom stereocenters. The number of benzene rings is 3. The minimum absolute atomic E-state index is 0.0254. The number of ether oxygens (including phenoxy) is 1. The fourth-order valence-electron chi connectivity index (χ4n) is 4.35. The zero-order valence-electron chi connectivity index (χ0n) is 23.7. The third-order valence-corrected chi connectivity index (χ3v) is 9.28. The van der Waals surface area contributed by atoms with Crippen molar-refractivity contribution >= 4 is 50.9 Å². The van der Waals surface area contributed by atoms with E-state index in [9.17, 15) is 18.0 Å². The fourth-order valence-corrected chi connectivity index (χ4v) is 6.38. The molecule has 1 N–H and O–H groups in total. The molecule has 0 spiro atoms. The molecule has 41 heavy (non-hydrogen) atoms. The normalized spacial score (nSPS) is 11.9. The first-order valence-electron chi connectivity index (χ1n) is 13.4. The lowest BCUT2D eigenvalue weighted by molar-refractivity contribution is -0.140.